The molecule has 2 heteroatoms. The van der Waals surface area contributed by atoms with E-state index < -0.39 is 0 Å². The van der Waals surface area contributed by atoms with Crippen LogP contribution in [0.3, 0.4) is 0 Å². The average Bonchev–Trinajstić information content (AvgIpc) is 2.52. The molecule has 0 saturated carbocycles. The molecule has 2 unspecified atom stereocenters. The van der Waals surface area contributed by atoms with Gasteiger partial charge >= 0.3 is 0 Å². The highest BCUT2D eigenvalue weighted by Gasteiger charge is 2.33. The van der Waals surface area contributed by atoms with Crippen molar-refractivity contribution in [1.29, 1.82) is 0 Å². The molecule has 1 rings (SSSR count). The molecule has 2 atom stereocenters. The number of unbranched alkanes of at least 4 members (excludes halogenated alkanes) is 3. The molecule has 1 fully saturated rings. The van der Waals surface area contributed by atoms with Crippen molar-refractivity contribution in [1.82, 2.24) is 0 Å². The molecule has 0 spiro atoms. The van der Waals surface area contributed by atoms with E-state index in [0.717, 1.165) is 10.5 Å². The number of rotatable bonds is 7. The molecule has 2 nitrogen and oxygen atoms in total. The molecule has 0 aromatic heterocycles. The van der Waals surface area contributed by atoms with Gasteiger partial charge in [-0.3, -0.25) is 0 Å². The normalized spacial score (nSPS) is 29.8. The molecular formula is C15H34N2+2. The van der Waals surface area contributed by atoms with Crippen molar-refractivity contribution in [2.75, 3.05) is 47.8 Å². The molecule has 102 valence electrons. The lowest BCUT2D eigenvalue weighted by atomic mass is 10.1. The Balaban J connectivity index is 2.04. The van der Waals surface area contributed by atoms with Crippen LogP contribution in [0, 0.1) is 0 Å². The summed E-state index contributed by atoms with van der Waals surface area (Å²) in [6.45, 7) is 6.58. The van der Waals surface area contributed by atoms with Crippen LogP contribution in [0.2, 0.25) is 0 Å². The Morgan fingerprint density at radius 1 is 1.06 bits per heavy atom. The minimum Gasteiger partial charge on any atom is -0.331 e. The SMILES string of the molecule is CC1CCC[N+]1(C)CCCCCC[N+](C)(C)C. The van der Waals surface area contributed by atoms with Crippen LogP contribution in [0.15, 0.2) is 0 Å². The lowest BCUT2D eigenvalue weighted by Crippen LogP contribution is -2.47. The lowest BCUT2D eigenvalue weighted by Gasteiger charge is -2.34. The van der Waals surface area contributed by atoms with Crippen molar-refractivity contribution >= 4 is 0 Å². The fraction of sp³-hybridized carbons (Fsp3) is 1.00. The van der Waals surface area contributed by atoms with E-state index in [4.69, 9.17) is 0 Å². The first-order valence-electron chi connectivity index (χ1n) is 7.48. The standard InChI is InChI=1S/C15H34N2/c1-15-11-10-14-17(15,5)13-9-7-6-8-12-16(2,3)4/h15H,6-14H2,1-5H3/q+2. The molecule has 1 saturated heterocycles. The topological polar surface area (TPSA) is 0 Å². The Labute approximate surface area is 109 Å². The van der Waals surface area contributed by atoms with Gasteiger partial charge in [0.05, 0.1) is 53.9 Å². The maximum absolute atomic E-state index is 2.46. The van der Waals surface area contributed by atoms with Gasteiger partial charge in [-0.15, -0.1) is 0 Å². The first-order chi connectivity index (χ1) is 7.83. The Kier molecular flexibility index (Phi) is 5.46. The van der Waals surface area contributed by atoms with E-state index in [1.807, 2.05) is 0 Å². The zero-order chi connectivity index (χ0) is 12.9. The highest BCUT2D eigenvalue weighted by molar-refractivity contribution is 4.61. The van der Waals surface area contributed by atoms with Crippen molar-refractivity contribution in [3.63, 3.8) is 0 Å². The molecule has 0 bridgehead atoms. The number of likely N-dealkylation sites (tertiary alicyclic amines) is 1. The summed E-state index contributed by atoms with van der Waals surface area (Å²) in [6.07, 6.45) is 8.56. The summed E-state index contributed by atoms with van der Waals surface area (Å²) in [4.78, 5) is 0. The van der Waals surface area contributed by atoms with Crippen LogP contribution in [0.25, 0.3) is 0 Å². The quantitative estimate of drug-likeness (QED) is 0.476. The summed E-state index contributed by atoms with van der Waals surface area (Å²) in [5, 5.41) is 0. The predicted octanol–water partition coefficient (Wildman–Crippen LogP) is 2.88. The molecule has 0 radical (unpaired) electrons. The van der Waals surface area contributed by atoms with Crippen molar-refractivity contribution in [2.24, 2.45) is 0 Å². The van der Waals surface area contributed by atoms with Crippen molar-refractivity contribution < 1.29 is 8.97 Å². The van der Waals surface area contributed by atoms with Gasteiger partial charge in [-0.05, 0) is 32.6 Å². The third-order valence-electron chi connectivity index (χ3n) is 4.60. The van der Waals surface area contributed by atoms with E-state index in [0.29, 0.717) is 0 Å². The van der Waals surface area contributed by atoms with E-state index >= 15 is 0 Å². The largest absolute Gasteiger partial charge is 0.331 e. The summed E-state index contributed by atoms with van der Waals surface area (Å²) >= 11 is 0. The van der Waals surface area contributed by atoms with Crippen molar-refractivity contribution in [2.45, 2.75) is 51.5 Å². The highest BCUT2D eigenvalue weighted by atomic mass is 15.4. The van der Waals surface area contributed by atoms with Crippen molar-refractivity contribution in [3.8, 4) is 0 Å². The predicted molar refractivity (Wildman–Crippen MR) is 76.0 cm³/mol. The Hall–Kier alpha value is -0.0800. The van der Waals surface area contributed by atoms with Gasteiger partial charge in [-0.2, -0.15) is 0 Å². The molecular weight excluding hydrogens is 208 g/mol. The summed E-state index contributed by atoms with van der Waals surface area (Å²) in [7, 11) is 9.33. The zero-order valence-corrected chi connectivity index (χ0v) is 12.8. The smallest absolute Gasteiger partial charge is 0.0861 e. The van der Waals surface area contributed by atoms with Gasteiger partial charge in [0.1, 0.15) is 0 Å². The molecule has 0 aromatic rings. The molecule has 0 amide bonds. The van der Waals surface area contributed by atoms with Gasteiger partial charge < -0.3 is 8.97 Å². The first-order valence-corrected chi connectivity index (χ1v) is 7.48. The van der Waals surface area contributed by atoms with Gasteiger partial charge in [0.2, 0.25) is 0 Å². The van der Waals surface area contributed by atoms with Gasteiger partial charge in [0.25, 0.3) is 0 Å². The van der Waals surface area contributed by atoms with Crippen LogP contribution in [0.4, 0.5) is 0 Å². The minimum atomic E-state index is 0.904. The second kappa shape index (κ2) is 6.19. The van der Waals surface area contributed by atoms with Crippen LogP contribution in [0.1, 0.15) is 45.4 Å². The average molecular weight is 242 g/mol. The number of nitrogens with zero attached hydrogens (tertiary/aromatic N) is 2. The summed E-state index contributed by atoms with van der Waals surface area (Å²) in [6, 6.07) is 0.904. The minimum absolute atomic E-state index is 0.904. The molecule has 1 aliphatic rings. The lowest BCUT2D eigenvalue weighted by molar-refractivity contribution is -0.919. The van der Waals surface area contributed by atoms with Gasteiger partial charge in [0, 0.05) is 12.8 Å². The Bertz CT molecular complexity index is 219. The fourth-order valence-corrected chi connectivity index (χ4v) is 3.02. The van der Waals surface area contributed by atoms with E-state index in [1.165, 1.54) is 62.6 Å². The van der Waals surface area contributed by atoms with Gasteiger partial charge in [-0.25, -0.2) is 0 Å². The van der Waals surface area contributed by atoms with Crippen molar-refractivity contribution in [3.05, 3.63) is 0 Å². The summed E-state index contributed by atoms with van der Waals surface area (Å²) < 4.78 is 2.46. The van der Waals surface area contributed by atoms with Gasteiger partial charge in [-0.1, -0.05) is 0 Å². The summed E-state index contributed by atoms with van der Waals surface area (Å²) in [5.74, 6) is 0. The van der Waals surface area contributed by atoms with E-state index in [9.17, 15) is 0 Å². The van der Waals surface area contributed by atoms with E-state index in [-0.39, 0.29) is 0 Å². The fourth-order valence-electron chi connectivity index (χ4n) is 3.02. The first kappa shape index (κ1) is 15.0. The van der Waals surface area contributed by atoms with E-state index in [1.54, 1.807) is 0 Å². The van der Waals surface area contributed by atoms with Crippen LogP contribution in [0.5, 0.6) is 0 Å². The third kappa shape index (κ3) is 5.39. The highest BCUT2D eigenvalue weighted by Crippen LogP contribution is 2.25. The third-order valence-corrected chi connectivity index (χ3v) is 4.60. The number of hydrogen-bond acceptors (Lipinski definition) is 0. The Morgan fingerprint density at radius 3 is 2.24 bits per heavy atom. The molecule has 1 aliphatic heterocycles. The number of quaternary nitrogens is 2. The van der Waals surface area contributed by atoms with Crippen LogP contribution >= 0.6 is 0 Å². The van der Waals surface area contributed by atoms with Crippen LogP contribution in [-0.4, -0.2) is 62.8 Å². The molecule has 0 aliphatic carbocycles. The van der Waals surface area contributed by atoms with E-state index in [2.05, 4.69) is 35.1 Å². The second-order valence-electron chi connectivity index (χ2n) is 7.35. The van der Waals surface area contributed by atoms with Gasteiger partial charge in [0.15, 0.2) is 0 Å². The van der Waals surface area contributed by atoms with Crippen LogP contribution < -0.4 is 0 Å². The molecule has 1 heterocycles. The summed E-state index contributed by atoms with van der Waals surface area (Å²) in [5.41, 5.74) is 0. The second-order valence-corrected chi connectivity index (χ2v) is 7.35. The zero-order valence-electron chi connectivity index (χ0n) is 12.8. The molecule has 17 heavy (non-hydrogen) atoms. The maximum atomic E-state index is 2.46. The monoisotopic (exact) mass is 242 g/mol. The maximum Gasteiger partial charge on any atom is 0.0861 e. The Morgan fingerprint density at radius 2 is 1.71 bits per heavy atom. The molecule has 0 N–H and O–H groups in total. The number of hydrogen-bond donors (Lipinski definition) is 0. The molecule has 0 aromatic carbocycles. The van der Waals surface area contributed by atoms with Crippen LogP contribution in [-0.2, 0) is 0 Å².